The maximum absolute atomic E-state index is 4.85. The standard InChI is InChI=1S/C36H35N5/c1-2-26-37-27-28-22-24-29(25-23-28)33-20-12-13-21-34(33)35-38-39-40-41(35)36(30-14-6-3-7-15-30,31-16-8-4-9-17-31)32-18-10-5-11-19-32/h3-25,37,39-40H,2,26-27H2,1H3. The number of amidine groups is 1. The van der Waals surface area contributed by atoms with Gasteiger partial charge in [0.25, 0.3) is 0 Å². The summed E-state index contributed by atoms with van der Waals surface area (Å²) in [6, 6.07) is 49.2. The van der Waals surface area contributed by atoms with Gasteiger partial charge in [0.2, 0.25) is 0 Å². The van der Waals surface area contributed by atoms with Gasteiger partial charge in [-0.1, -0.05) is 146 Å². The van der Waals surface area contributed by atoms with Crippen molar-refractivity contribution in [2.45, 2.75) is 25.4 Å². The van der Waals surface area contributed by atoms with E-state index in [1.54, 1.807) is 0 Å². The summed E-state index contributed by atoms with van der Waals surface area (Å²) in [6.07, 6.45) is 1.13. The third-order valence-electron chi connectivity index (χ3n) is 7.63. The van der Waals surface area contributed by atoms with E-state index in [2.05, 4.69) is 168 Å². The maximum atomic E-state index is 4.85. The fraction of sp³-hybridized carbons (Fsp3) is 0.139. The van der Waals surface area contributed by atoms with Gasteiger partial charge in [-0.3, -0.25) is 5.01 Å². The molecule has 5 aromatic rings. The lowest BCUT2D eigenvalue weighted by molar-refractivity contribution is 0.183. The molecule has 41 heavy (non-hydrogen) atoms. The van der Waals surface area contributed by atoms with E-state index >= 15 is 0 Å². The molecule has 5 heteroatoms. The van der Waals surface area contributed by atoms with E-state index in [9.17, 15) is 0 Å². The van der Waals surface area contributed by atoms with Crippen molar-refractivity contribution in [3.05, 3.63) is 167 Å². The number of hydrogen-bond donors (Lipinski definition) is 3. The van der Waals surface area contributed by atoms with E-state index in [1.807, 2.05) is 0 Å². The minimum absolute atomic E-state index is 0.714. The van der Waals surface area contributed by atoms with Crippen molar-refractivity contribution in [2.75, 3.05) is 6.54 Å². The summed E-state index contributed by atoms with van der Waals surface area (Å²) in [6.45, 7) is 4.08. The molecule has 0 saturated heterocycles. The first-order valence-electron chi connectivity index (χ1n) is 14.3. The number of hydrogen-bond acceptors (Lipinski definition) is 5. The highest BCUT2D eigenvalue weighted by Gasteiger charge is 2.46. The van der Waals surface area contributed by atoms with E-state index in [-0.39, 0.29) is 0 Å². The molecule has 0 unspecified atom stereocenters. The summed E-state index contributed by atoms with van der Waals surface area (Å²) in [5.74, 6) is 0.811. The first-order valence-corrected chi connectivity index (χ1v) is 14.3. The molecule has 6 rings (SSSR count). The van der Waals surface area contributed by atoms with Gasteiger partial charge in [-0.2, -0.15) is 0 Å². The molecule has 0 saturated carbocycles. The fourth-order valence-electron chi connectivity index (χ4n) is 5.72. The number of nitrogens with zero attached hydrogens (tertiary/aromatic N) is 2. The Morgan fingerprint density at radius 2 is 1.15 bits per heavy atom. The molecule has 0 spiro atoms. The Balaban J connectivity index is 1.49. The Labute approximate surface area is 242 Å². The quantitative estimate of drug-likeness (QED) is 0.135. The molecular weight excluding hydrogens is 502 g/mol. The summed E-state index contributed by atoms with van der Waals surface area (Å²) in [5.41, 5.74) is 13.8. The Morgan fingerprint density at radius 3 is 1.68 bits per heavy atom. The number of hydrazine groups is 2. The highest BCUT2D eigenvalue weighted by atomic mass is 15.8. The van der Waals surface area contributed by atoms with Crippen LogP contribution in [0.1, 0.15) is 41.2 Å². The van der Waals surface area contributed by atoms with Crippen LogP contribution in [-0.2, 0) is 12.1 Å². The molecule has 1 aliphatic heterocycles. The van der Waals surface area contributed by atoms with E-state index in [1.165, 1.54) is 5.56 Å². The molecule has 0 atom stereocenters. The molecule has 0 bridgehead atoms. The first-order chi connectivity index (χ1) is 20.3. The van der Waals surface area contributed by atoms with Crippen molar-refractivity contribution in [2.24, 2.45) is 5.10 Å². The molecule has 5 nitrogen and oxygen atoms in total. The normalized spacial score (nSPS) is 13.1. The van der Waals surface area contributed by atoms with Gasteiger partial charge in [0.1, 0.15) is 5.54 Å². The highest BCUT2D eigenvalue weighted by molar-refractivity contribution is 6.05. The van der Waals surface area contributed by atoms with Crippen LogP contribution in [-0.4, -0.2) is 17.4 Å². The molecule has 5 aromatic carbocycles. The molecule has 0 fully saturated rings. The molecule has 0 aliphatic carbocycles. The second kappa shape index (κ2) is 12.2. The fourth-order valence-corrected chi connectivity index (χ4v) is 5.72. The first kappa shape index (κ1) is 26.5. The van der Waals surface area contributed by atoms with Gasteiger partial charge < -0.3 is 5.32 Å². The zero-order chi connectivity index (χ0) is 27.9. The summed E-state index contributed by atoms with van der Waals surface area (Å²) in [4.78, 5) is 0. The zero-order valence-electron chi connectivity index (χ0n) is 23.3. The third kappa shape index (κ3) is 5.13. The molecular formula is C36H35N5. The summed E-state index contributed by atoms with van der Waals surface area (Å²) in [5, 5.41) is 10.5. The van der Waals surface area contributed by atoms with Crippen LogP contribution in [0.2, 0.25) is 0 Å². The second-order valence-electron chi connectivity index (χ2n) is 10.2. The third-order valence-corrected chi connectivity index (χ3v) is 7.63. The number of benzene rings is 5. The zero-order valence-corrected chi connectivity index (χ0v) is 23.3. The lowest BCUT2D eigenvalue weighted by Gasteiger charge is -2.44. The van der Waals surface area contributed by atoms with Crippen LogP contribution in [0.15, 0.2) is 145 Å². The van der Waals surface area contributed by atoms with Crippen molar-refractivity contribution in [3.63, 3.8) is 0 Å². The van der Waals surface area contributed by atoms with Gasteiger partial charge in [-0.15, -0.1) is 10.6 Å². The monoisotopic (exact) mass is 537 g/mol. The molecule has 3 N–H and O–H groups in total. The van der Waals surface area contributed by atoms with Gasteiger partial charge in [-0.05, 0) is 46.3 Å². The predicted molar refractivity (Wildman–Crippen MR) is 168 cm³/mol. The highest BCUT2D eigenvalue weighted by Crippen LogP contribution is 2.43. The van der Waals surface area contributed by atoms with Crippen LogP contribution in [0.25, 0.3) is 11.1 Å². The van der Waals surface area contributed by atoms with Crippen molar-refractivity contribution >= 4 is 5.84 Å². The minimum atomic E-state index is -0.714. The summed E-state index contributed by atoms with van der Waals surface area (Å²) < 4.78 is 0. The number of rotatable bonds is 10. The van der Waals surface area contributed by atoms with Crippen molar-refractivity contribution in [3.8, 4) is 11.1 Å². The predicted octanol–water partition coefficient (Wildman–Crippen LogP) is 6.83. The summed E-state index contributed by atoms with van der Waals surface area (Å²) >= 11 is 0. The van der Waals surface area contributed by atoms with Gasteiger partial charge in [0.15, 0.2) is 5.84 Å². The maximum Gasteiger partial charge on any atom is 0.175 e. The van der Waals surface area contributed by atoms with E-state index in [4.69, 9.17) is 5.10 Å². The molecule has 0 amide bonds. The van der Waals surface area contributed by atoms with Crippen LogP contribution in [0.3, 0.4) is 0 Å². The number of nitrogens with one attached hydrogen (secondary N) is 3. The van der Waals surface area contributed by atoms with Gasteiger partial charge >= 0.3 is 0 Å². The molecule has 1 heterocycles. The van der Waals surface area contributed by atoms with Gasteiger partial charge in [-0.25, -0.2) is 5.53 Å². The van der Waals surface area contributed by atoms with Crippen molar-refractivity contribution in [1.29, 1.82) is 0 Å². The number of hydrazone groups is 1. The minimum Gasteiger partial charge on any atom is -0.313 e. The Bertz CT molecular complexity index is 1490. The lowest BCUT2D eigenvalue weighted by atomic mass is 9.76. The van der Waals surface area contributed by atoms with E-state index in [0.29, 0.717) is 0 Å². The molecule has 1 aliphatic rings. The topological polar surface area (TPSA) is 51.7 Å². The average molecular weight is 538 g/mol. The largest absolute Gasteiger partial charge is 0.313 e. The van der Waals surface area contributed by atoms with Crippen molar-refractivity contribution in [1.82, 2.24) is 21.4 Å². The molecule has 0 radical (unpaired) electrons. The molecule has 204 valence electrons. The Kier molecular flexibility index (Phi) is 7.90. The van der Waals surface area contributed by atoms with Crippen LogP contribution >= 0.6 is 0 Å². The average Bonchev–Trinajstić information content (AvgIpc) is 3.54. The Hall–Kier alpha value is -4.71. The van der Waals surface area contributed by atoms with Gasteiger partial charge in [0, 0.05) is 12.1 Å². The molecule has 0 aromatic heterocycles. The second-order valence-corrected chi connectivity index (χ2v) is 10.2. The summed E-state index contributed by atoms with van der Waals surface area (Å²) in [7, 11) is 0. The van der Waals surface area contributed by atoms with Gasteiger partial charge in [0.05, 0.1) is 0 Å². The van der Waals surface area contributed by atoms with Crippen LogP contribution in [0, 0.1) is 0 Å². The Morgan fingerprint density at radius 1 is 0.634 bits per heavy atom. The van der Waals surface area contributed by atoms with Crippen LogP contribution in [0.5, 0.6) is 0 Å². The van der Waals surface area contributed by atoms with E-state index in [0.717, 1.165) is 58.7 Å². The lowest BCUT2D eigenvalue weighted by Crippen LogP contribution is -2.56. The van der Waals surface area contributed by atoms with Crippen LogP contribution < -0.4 is 16.4 Å². The van der Waals surface area contributed by atoms with E-state index < -0.39 is 5.54 Å². The smallest absolute Gasteiger partial charge is 0.175 e. The van der Waals surface area contributed by atoms with Crippen LogP contribution in [0.4, 0.5) is 0 Å². The SMILES string of the molecule is CCCNCc1ccc(-c2ccccc2C2=NNNN2C(c2ccccc2)(c2ccccc2)c2ccccc2)cc1. The van der Waals surface area contributed by atoms with Crippen molar-refractivity contribution < 1.29 is 0 Å².